The van der Waals surface area contributed by atoms with Gasteiger partial charge in [0.15, 0.2) is 0 Å². The molecule has 0 aliphatic heterocycles. The Morgan fingerprint density at radius 3 is 2.03 bits per heavy atom. The highest BCUT2D eigenvalue weighted by Crippen LogP contribution is 2.11. The second-order valence-corrected chi connectivity index (χ2v) is 6.03. The van der Waals surface area contributed by atoms with Gasteiger partial charge in [0.05, 0.1) is 6.54 Å². The number of alkyl carbamates (subject to hydrolysis) is 1. The van der Waals surface area contributed by atoms with Gasteiger partial charge in [0, 0.05) is 24.8 Å². The Labute approximate surface area is 180 Å². The van der Waals surface area contributed by atoms with Crippen LogP contribution in [0.25, 0.3) is 0 Å². The van der Waals surface area contributed by atoms with Crippen molar-refractivity contribution in [1.82, 2.24) is 29.7 Å². The molecule has 0 bridgehead atoms. The molecule has 0 aliphatic rings. The van der Waals surface area contributed by atoms with E-state index in [4.69, 9.17) is 4.74 Å². The number of imidazole rings is 2. The number of ether oxygens (including phenoxy) is 1. The van der Waals surface area contributed by atoms with Crippen molar-refractivity contribution in [2.24, 2.45) is 0 Å². The number of halogens is 3. The molecule has 0 aliphatic carbocycles. The van der Waals surface area contributed by atoms with Crippen molar-refractivity contribution in [3.63, 3.8) is 0 Å². The van der Waals surface area contributed by atoms with Gasteiger partial charge in [0.1, 0.15) is 25.8 Å². The number of rotatable bonds is 5. The number of carbonyl (C=O) groups is 3. The minimum Gasteiger partial charge on any atom is -0.445 e. The quantitative estimate of drug-likeness (QED) is 0.612. The van der Waals surface area contributed by atoms with E-state index in [-0.39, 0.29) is 12.6 Å². The van der Waals surface area contributed by atoms with Crippen LogP contribution in [0.2, 0.25) is 0 Å². The molecule has 0 atom stereocenters. The lowest BCUT2D eigenvalue weighted by Gasteiger charge is -2.09. The van der Waals surface area contributed by atoms with Crippen molar-refractivity contribution in [1.29, 1.82) is 0 Å². The van der Waals surface area contributed by atoms with E-state index in [1.807, 2.05) is 5.32 Å². The number of nitrogens with one attached hydrogen (secondary N) is 2. The zero-order valence-electron chi connectivity index (χ0n) is 16.5. The van der Waals surface area contributed by atoms with Crippen molar-refractivity contribution in [2.45, 2.75) is 12.8 Å². The zero-order valence-corrected chi connectivity index (χ0v) is 16.5. The Bertz CT molecular complexity index is 940. The number of hydrogen-bond donors (Lipinski definition) is 2. The summed E-state index contributed by atoms with van der Waals surface area (Å²) in [5.41, 5.74) is 0.754. The molecule has 0 saturated carbocycles. The van der Waals surface area contributed by atoms with Crippen LogP contribution in [0, 0.1) is 0 Å². The lowest BCUT2D eigenvalue weighted by molar-refractivity contribution is -0.137. The van der Waals surface area contributed by atoms with Crippen LogP contribution in [0.1, 0.15) is 5.56 Å². The molecule has 13 heteroatoms. The molecule has 2 aromatic heterocycles. The van der Waals surface area contributed by atoms with E-state index >= 15 is 0 Å². The number of carbonyl (C=O) groups excluding carboxylic acids is 3. The molecule has 10 nitrogen and oxygen atoms in total. The summed E-state index contributed by atoms with van der Waals surface area (Å²) in [5.74, 6) is -0.945. The minimum absolute atomic E-state index is 0.0108. The fourth-order valence-corrected chi connectivity index (χ4v) is 2.07. The Hall–Kier alpha value is -4.16. The van der Waals surface area contributed by atoms with Crippen LogP contribution < -0.4 is 10.6 Å². The molecule has 32 heavy (non-hydrogen) atoms. The summed E-state index contributed by atoms with van der Waals surface area (Å²) in [6, 6.07) is 8.62. The van der Waals surface area contributed by atoms with Gasteiger partial charge in [0.25, 0.3) is 0 Å². The van der Waals surface area contributed by atoms with E-state index in [1.54, 1.807) is 60.4 Å². The average molecular weight is 452 g/mol. The molecule has 2 heterocycles. The normalized spacial score (nSPS) is 10.5. The molecule has 3 aromatic rings. The third-order valence-corrected chi connectivity index (χ3v) is 3.54. The maximum Gasteiger partial charge on any atom is 0.407 e. The number of hydrogen-bond acceptors (Lipinski definition) is 6. The van der Waals surface area contributed by atoms with E-state index < -0.39 is 31.3 Å². The topological polar surface area (TPSA) is 120 Å². The van der Waals surface area contributed by atoms with Crippen LogP contribution in [0.4, 0.5) is 22.8 Å². The second kappa shape index (κ2) is 11.9. The molecule has 2 amide bonds. The summed E-state index contributed by atoms with van der Waals surface area (Å²) < 4.78 is 42.9. The van der Waals surface area contributed by atoms with Crippen LogP contribution in [-0.2, 0) is 16.1 Å². The molecule has 0 radical (unpaired) electrons. The molecular weight excluding hydrogens is 433 g/mol. The average Bonchev–Trinajstić information content (AvgIpc) is 3.49. The smallest absolute Gasteiger partial charge is 0.407 e. The highest BCUT2D eigenvalue weighted by atomic mass is 19.4. The van der Waals surface area contributed by atoms with Gasteiger partial charge in [-0.1, -0.05) is 30.3 Å². The molecule has 1 aromatic carbocycles. The number of alkyl halides is 3. The highest BCUT2D eigenvalue weighted by molar-refractivity contribution is 5.82. The van der Waals surface area contributed by atoms with Crippen LogP contribution in [0.5, 0.6) is 0 Å². The van der Waals surface area contributed by atoms with Crippen molar-refractivity contribution >= 4 is 18.0 Å². The van der Waals surface area contributed by atoms with E-state index in [0.717, 1.165) is 5.56 Å². The predicted octanol–water partition coefficient (Wildman–Crippen LogP) is 2.19. The molecular formula is C19H19F3N6O4. The van der Waals surface area contributed by atoms with Crippen molar-refractivity contribution < 1.29 is 32.3 Å². The van der Waals surface area contributed by atoms with Gasteiger partial charge in [0.2, 0.25) is 5.91 Å². The SMILES string of the molecule is O=C(CNC(=O)OCc1ccccc1)NCC(F)(F)F.O=C(n1ccnc1)n1ccnc1. The standard InChI is InChI=1S/C12H13F3N2O3.C7H6N4O/c13-12(14,15)8-17-10(18)6-16-11(19)20-7-9-4-2-1-3-5-9;12-7(10-3-1-8-5-10)11-4-2-9-6-11/h1-5H,6-8H2,(H,16,19)(H,17,18);1-6H. The zero-order chi connectivity index (χ0) is 23.4. The summed E-state index contributed by atoms with van der Waals surface area (Å²) in [7, 11) is 0. The highest BCUT2D eigenvalue weighted by Gasteiger charge is 2.27. The maximum atomic E-state index is 11.8. The first kappa shape index (κ1) is 24.1. The van der Waals surface area contributed by atoms with Gasteiger partial charge in [-0.3, -0.25) is 13.9 Å². The van der Waals surface area contributed by atoms with Gasteiger partial charge in [-0.05, 0) is 5.56 Å². The third kappa shape index (κ3) is 9.11. The van der Waals surface area contributed by atoms with Crippen LogP contribution >= 0.6 is 0 Å². The van der Waals surface area contributed by atoms with E-state index in [2.05, 4.69) is 9.97 Å². The van der Waals surface area contributed by atoms with Crippen molar-refractivity contribution in [3.8, 4) is 0 Å². The van der Waals surface area contributed by atoms with Gasteiger partial charge in [-0.15, -0.1) is 0 Å². The van der Waals surface area contributed by atoms with Crippen LogP contribution in [-0.4, -0.2) is 56.4 Å². The van der Waals surface area contributed by atoms with Gasteiger partial charge in [-0.2, -0.15) is 13.2 Å². The van der Waals surface area contributed by atoms with Crippen LogP contribution in [0.3, 0.4) is 0 Å². The summed E-state index contributed by atoms with van der Waals surface area (Å²) in [4.78, 5) is 41.1. The monoisotopic (exact) mass is 452 g/mol. The Kier molecular flexibility index (Phi) is 8.95. The van der Waals surface area contributed by atoms with Gasteiger partial charge >= 0.3 is 18.3 Å². The number of aromatic nitrogens is 4. The maximum absolute atomic E-state index is 11.8. The lowest BCUT2D eigenvalue weighted by atomic mass is 10.2. The van der Waals surface area contributed by atoms with Gasteiger partial charge < -0.3 is 15.4 Å². The van der Waals surface area contributed by atoms with E-state index in [9.17, 15) is 27.6 Å². The Morgan fingerprint density at radius 1 is 0.938 bits per heavy atom. The molecule has 0 unspecified atom stereocenters. The fraction of sp³-hybridized carbons (Fsp3) is 0.211. The van der Waals surface area contributed by atoms with E-state index in [1.165, 1.54) is 21.8 Å². The fourth-order valence-electron chi connectivity index (χ4n) is 2.07. The Balaban J connectivity index is 0.000000255. The first-order valence-corrected chi connectivity index (χ1v) is 9.03. The summed E-state index contributed by atoms with van der Waals surface area (Å²) in [6.45, 7) is -2.01. The number of amides is 2. The number of nitrogens with zero attached hydrogens (tertiary/aromatic N) is 4. The first-order valence-electron chi connectivity index (χ1n) is 9.03. The third-order valence-electron chi connectivity index (χ3n) is 3.54. The molecule has 170 valence electrons. The van der Waals surface area contributed by atoms with Crippen LogP contribution in [0.15, 0.2) is 67.8 Å². The lowest BCUT2D eigenvalue weighted by Crippen LogP contribution is -2.41. The summed E-state index contributed by atoms with van der Waals surface area (Å²) >= 11 is 0. The van der Waals surface area contributed by atoms with E-state index in [0.29, 0.717) is 0 Å². The first-order chi connectivity index (χ1) is 15.2. The molecule has 0 fully saturated rings. The predicted molar refractivity (Wildman–Crippen MR) is 104 cm³/mol. The minimum atomic E-state index is -4.48. The molecule has 0 spiro atoms. The second-order valence-electron chi connectivity index (χ2n) is 6.03. The van der Waals surface area contributed by atoms with Gasteiger partial charge in [-0.25, -0.2) is 19.6 Å². The van der Waals surface area contributed by atoms with Crippen molar-refractivity contribution in [3.05, 3.63) is 73.3 Å². The molecule has 0 saturated heterocycles. The summed E-state index contributed by atoms with van der Waals surface area (Å²) in [6.07, 6.45) is 3.80. The largest absolute Gasteiger partial charge is 0.445 e. The summed E-state index contributed by atoms with van der Waals surface area (Å²) in [5, 5.41) is 3.67. The molecule has 3 rings (SSSR count). The Morgan fingerprint density at radius 2 is 1.53 bits per heavy atom. The number of benzene rings is 1. The van der Waals surface area contributed by atoms with Crippen molar-refractivity contribution in [2.75, 3.05) is 13.1 Å². The molecule has 2 N–H and O–H groups in total.